The van der Waals surface area contributed by atoms with E-state index in [1.807, 2.05) is 12.2 Å². The average Bonchev–Trinajstić information content (AvgIpc) is 2.76. The molecule has 1 radical (unpaired) electrons. The molecule has 1 aliphatic carbocycles. The first kappa shape index (κ1) is 31.8. The molecule has 1 aliphatic rings. The summed E-state index contributed by atoms with van der Waals surface area (Å²) in [5.41, 5.74) is 0. The van der Waals surface area contributed by atoms with Gasteiger partial charge in [0.05, 0.1) is 0 Å². The normalized spacial score (nSPS) is 9.37. The Bertz CT molecular complexity index is 145. The van der Waals surface area contributed by atoms with Gasteiger partial charge in [-0.25, -0.2) is 12.2 Å². The number of hydrogen-bond acceptors (Lipinski definition) is 0. The maximum absolute atomic E-state index is 9.83. The van der Waals surface area contributed by atoms with Gasteiger partial charge in [0.2, 0.25) is 0 Å². The fraction of sp³-hybridized carbons (Fsp3) is 0.636. The number of rotatable bonds is 0. The van der Waals surface area contributed by atoms with Crippen LogP contribution in [0, 0.1) is 6.08 Å². The Balaban J connectivity index is -0.0000000435. The van der Waals surface area contributed by atoms with E-state index in [-0.39, 0.29) is 26.2 Å². The third kappa shape index (κ3) is 164. The van der Waals surface area contributed by atoms with Gasteiger partial charge >= 0.3 is 52.4 Å². The van der Waals surface area contributed by atoms with Gasteiger partial charge in [0.15, 0.2) is 0 Å². The molecule has 0 aromatic rings. The molecule has 0 amide bonds. The van der Waals surface area contributed by atoms with Crippen LogP contribution in [-0.2, 0) is 26.2 Å². The molecule has 1 rings (SSSR count). The molecule has 0 saturated heterocycles. The van der Waals surface area contributed by atoms with Crippen LogP contribution in [0.5, 0.6) is 0 Å². The third-order valence-electron chi connectivity index (χ3n) is 0.586. The second-order valence-corrected chi connectivity index (χ2v) is 3.46. The number of nitrogens with zero attached hydrogens (tertiary/aromatic N) is 3. The van der Waals surface area contributed by atoms with Gasteiger partial charge in [0.25, 0.3) is 0 Å². The Hall–Kier alpha value is 0.576. The molecule has 0 aliphatic heterocycles. The van der Waals surface area contributed by atoms with Crippen molar-refractivity contribution < 1.29 is 36.7 Å². The van der Waals surface area contributed by atoms with Gasteiger partial charge in [0, 0.05) is 0 Å². The van der Waals surface area contributed by atoms with Crippen molar-refractivity contribution in [2.24, 2.45) is 0 Å². The van der Waals surface area contributed by atoms with Crippen LogP contribution in [0.3, 0.4) is 0 Å². The van der Waals surface area contributed by atoms with Gasteiger partial charge in [-0.3, -0.25) is 6.08 Å². The second-order valence-electron chi connectivity index (χ2n) is 2.56. The summed E-state index contributed by atoms with van der Waals surface area (Å²) in [6.07, 6.45) is 10.0. The number of allylic oxidation sites excluding steroid dienone is 4. The van der Waals surface area contributed by atoms with Crippen LogP contribution >= 0.6 is 0 Å². The fourth-order valence-electron chi connectivity index (χ4n) is 0.340. The molecule has 8 heteroatoms. The molecule has 0 atom stereocenters. The summed E-state index contributed by atoms with van der Waals surface area (Å²) in [4.78, 5) is 0. The molecule has 0 aromatic heterocycles. The van der Waals surface area contributed by atoms with E-state index in [0.717, 1.165) is 6.42 Å². The van der Waals surface area contributed by atoms with Gasteiger partial charge in [-0.1, -0.05) is 0 Å². The summed E-state index contributed by atoms with van der Waals surface area (Å²) >= 11 is -4.83. The van der Waals surface area contributed by atoms with Gasteiger partial charge in [-0.15, -0.1) is 6.42 Å². The van der Waals surface area contributed by atoms with Crippen LogP contribution < -0.4 is 0 Å². The van der Waals surface area contributed by atoms with E-state index in [1.165, 1.54) is 0 Å². The monoisotopic (exact) mass is 418 g/mol. The van der Waals surface area contributed by atoms with Crippen LogP contribution in [0.4, 0.5) is 10.5 Å². The second kappa shape index (κ2) is 42.8. The van der Waals surface area contributed by atoms with Gasteiger partial charge in [-0.05, 0) is 0 Å². The molecule has 3 nitrogen and oxygen atoms in total. The van der Waals surface area contributed by atoms with Crippen molar-refractivity contribution in [1.29, 1.82) is 0 Å². The standard InChI is InChI=1S/C5H5.3C2H6N.F3Ge.Zr/c1-2-4-5-3-1;3*1-3-2;1-4(2)3;/h1-3H,4H2;3*1-2H3;;/q4*-1;;+4. The van der Waals surface area contributed by atoms with E-state index in [0.29, 0.717) is 0 Å². The Labute approximate surface area is 141 Å². The van der Waals surface area contributed by atoms with Crippen molar-refractivity contribution in [3.8, 4) is 0 Å². The van der Waals surface area contributed by atoms with Crippen LogP contribution in [0.15, 0.2) is 18.2 Å². The van der Waals surface area contributed by atoms with Crippen LogP contribution in [0.1, 0.15) is 6.42 Å². The fourth-order valence-corrected chi connectivity index (χ4v) is 0.340. The molecule has 111 valence electrons. The third-order valence-corrected chi connectivity index (χ3v) is 0.586. The minimum absolute atomic E-state index is 0. The van der Waals surface area contributed by atoms with E-state index in [1.54, 1.807) is 42.3 Å². The molecule has 0 heterocycles. The first-order valence-electron chi connectivity index (χ1n) is 4.97. The van der Waals surface area contributed by atoms with Crippen molar-refractivity contribution >= 4 is 15.7 Å². The van der Waals surface area contributed by atoms with Crippen molar-refractivity contribution in [3.63, 3.8) is 0 Å². The molecule has 0 saturated carbocycles. The van der Waals surface area contributed by atoms with E-state index >= 15 is 0 Å². The van der Waals surface area contributed by atoms with Crippen molar-refractivity contribution in [2.45, 2.75) is 6.42 Å². The minimum Gasteiger partial charge on any atom is 4.00 e. The first-order valence-corrected chi connectivity index (χ1v) is 7.35. The zero-order valence-electron chi connectivity index (χ0n) is 12.4. The van der Waals surface area contributed by atoms with E-state index < -0.39 is 15.7 Å². The van der Waals surface area contributed by atoms with Crippen molar-refractivity contribution in [1.82, 2.24) is 0 Å². The summed E-state index contributed by atoms with van der Waals surface area (Å²) in [6, 6.07) is 0. The molecule has 0 bridgehead atoms. The topological polar surface area (TPSA) is 42.3 Å². The Kier molecular flexibility index (Phi) is 71.7. The Morgan fingerprint density at radius 2 is 1.16 bits per heavy atom. The minimum atomic E-state index is -4.83. The van der Waals surface area contributed by atoms with Crippen LogP contribution in [-0.4, -0.2) is 58.0 Å². The Morgan fingerprint density at radius 3 is 1.21 bits per heavy atom. The summed E-state index contributed by atoms with van der Waals surface area (Å²) < 4.78 is 29.5. The predicted octanol–water partition coefficient (Wildman–Crippen LogP) is 4.04. The molecule has 0 N–H and O–H groups in total. The maximum Gasteiger partial charge on any atom is 4.00 e. The largest absolute Gasteiger partial charge is 4.00 e. The molecule has 0 fully saturated rings. The van der Waals surface area contributed by atoms with Gasteiger partial charge < -0.3 is 16.0 Å². The quantitative estimate of drug-likeness (QED) is 0.421. The van der Waals surface area contributed by atoms with E-state index in [2.05, 4.69) is 28.1 Å². The summed E-state index contributed by atoms with van der Waals surface area (Å²) in [5, 5.41) is 10.5. The summed E-state index contributed by atoms with van der Waals surface area (Å²) in [6.45, 7) is 0. The Morgan fingerprint density at radius 1 is 0.895 bits per heavy atom. The van der Waals surface area contributed by atoms with Crippen molar-refractivity contribution in [2.75, 3.05) is 42.3 Å². The van der Waals surface area contributed by atoms with Crippen LogP contribution in [0.2, 0.25) is 0 Å². The number of halogens is 3. The summed E-state index contributed by atoms with van der Waals surface area (Å²) in [7, 11) is 10.5. The molecule has 0 spiro atoms. The zero-order valence-corrected chi connectivity index (χ0v) is 17.0. The predicted molar refractivity (Wildman–Crippen MR) is 76.3 cm³/mol. The summed E-state index contributed by atoms with van der Waals surface area (Å²) in [5.74, 6) is 0. The molecule has 0 aromatic carbocycles. The smallest absolute Gasteiger partial charge is 4.00 e. The molecular weight excluding hydrogens is 395 g/mol. The average molecular weight is 418 g/mol. The number of hydrogen-bond donors (Lipinski definition) is 0. The van der Waals surface area contributed by atoms with E-state index in [9.17, 15) is 10.5 Å². The molecular formula is C11H23F3GeN3Zr. The molecule has 0 unspecified atom stereocenters. The van der Waals surface area contributed by atoms with Gasteiger partial charge in [-0.2, -0.15) is 48.4 Å². The maximum atomic E-state index is 9.83. The van der Waals surface area contributed by atoms with Crippen molar-refractivity contribution in [3.05, 3.63) is 40.3 Å². The molecule has 19 heavy (non-hydrogen) atoms. The first-order chi connectivity index (χ1) is 8.47. The SMILES string of the molecule is C[N-]C.C[N-]C.C[N-]C.[C-]1=CC=CC1.[F][Ge]([F])[F].[Zr+4]. The van der Waals surface area contributed by atoms with Crippen LogP contribution in [0.25, 0.3) is 16.0 Å². The van der Waals surface area contributed by atoms with E-state index in [4.69, 9.17) is 0 Å². The van der Waals surface area contributed by atoms with Gasteiger partial charge in [0.1, 0.15) is 0 Å². The zero-order chi connectivity index (χ0) is 15.2.